The number of furan rings is 1. The van der Waals surface area contributed by atoms with Crippen molar-refractivity contribution in [2.75, 3.05) is 0 Å². The molecule has 0 aliphatic rings. The van der Waals surface area contributed by atoms with Crippen molar-refractivity contribution in [1.29, 1.82) is 0 Å². The summed E-state index contributed by atoms with van der Waals surface area (Å²) in [6.45, 7) is 0. The second kappa shape index (κ2) is 13.1. The fourth-order valence-electron chi connectivity index (χ4n) is 9.54. The smallest absolute Gasteiger partial charge is 0.160 e. The molecule has 13 rings (SSSR count). The molecule has 5 nitrogen and oxygen atoms in total. The highest BCUT2D eigenvalue weighted by atomic mass is 16.3. The molecule has 284 valence electrons. The van der Waals surface area contributed by atoms with Crippen molar-refractivity contribution in [2.45, 2.75) is 0 Å². The molecule has 0 N–H and O–H groups in total. The van der Waals surface area contributed by atoms with E-state index >= 15 is 0 Å². The Morgan fingerprint density at radius 3 is 1.66 bits per heavy atom. The number of hydrogen-bond donors (Lipinski definition) is 0. The van der Waals surface area contributed by atoms with Crippen molar-refractivity contribution in [3.8, 4) is 45.1 Å². The van der Waals surface area contributed by atoms with Crippen LogP contribution in [0.1, 0.15) is 0 Å². The molecule has 61 heavy (non-hydrogen) atoms. The van der Waals surface area contributed by atoms with E-state index in [2.05, 4.69) is 185 Å². The lowest BCUT2D eigenvalue weighted by atomic mass is 10.0. The maximum absolute atomic E-state index is 6.93. The van der Waals surface area contributed by atoms with E-state index in [0.29, 0.717) is 5.82 Å². The normalized spacial score (nSPS) is 11.9. The largest absolute Gasteiger partial charge is 0.454 e. The zero-order valence-corrected chi connectivity index (χ0v) is 32.8. The fraction of sp³-hybridized carbons (Fsp3) is 0. The molecule has 0 saturated heterocycles. The monoisotopic (exact) mass is 778 g/mol. The molecule has 4 aromatic heterocycles. The first-order valence-electron chi connectivity index (χ1n) is 20.7. The van der Waals surface area contributed by atoms with Crippen LogP contribution in [-0.4, -0.2) is 19.1 Å². The van der Waals surface area contributed by atoms with E-state index in [0.717, 1.165) is 72.1 Å². The molecule has 13 aromatic rings. The summed E-state index contributed by atoms with van der Waals surface area (Å²) >= 11 is 0. The summed E-state index contributed by atoms with van der Waals surface area (Å²) in [7, 11) is 0. The van der Waals surface area contributed by atoms with E-state index in [1.807, 2.05) is 30.3 Å². The first kappa shape index (κ1) is 33.7. The molecule has 4 heterocycles. The quantitative estimate of drug-likeness (QED) is 0.175. The number of aromatic nitrogens is 4. The lowest BCUT2D eigenvalue weighted by Gasteiger charge is -2.10. The van der Waals surface area contributed by atoms with Gasteiger partial charge in [0, 0.05) is 54.5 Å². The van der Waals surface area contributed by atoms with E-state index < -0.39 is 0 Å². The van der Waals surface area contributed by atoms with Gasteiger partial charge in [-0.25, -0.2) is 9.97 Å². The third kappa shape index (κ3) is 5.14. The van der Waals surface area contributed by atoms with Crippen LogP contribution in [-0.2, 0) is 0 Å². The fourth-order valence-corrected chi connectivity index (χ4v) is 9.54. The summed E-state index contributed by atoms with van der Waals surface area (Å²) in [5.41, 5.74) is 14.6. The zero-order valence-electron chi connectivity index (χ0n) is 32.8. The molecule has 0 aliphatic heterocycles. The van der Waals surface area contributed by atoms with Crippen LogP contribution in [0.3, 0.4) is 0 Å². The molecule has 0 spiro atoms. The first-order chi connectivity index (χ1) is 30.2. The Bertz CT molecular complexity index is 3880. The molecule has 0 amide bonds. The second-order valence-corrected chi connectivity index (χ2v) is 15.8. The Labute approximate surface area is 350 Å². The van der Waals surface area contributed by atoms with Gasteiger partial charge in [-0.1, -0.05) is 133 Å². The number of nitrogens with zero attached hydrogens (tertiary/aromatic N) is 4. The Morgan fingerprint density at radius 2 is 0.918 bits per heavy atom. The van der Waals surface area contributed by atoms with E-state index in [-0.39, 0.29) is 0 Å². The summed E-state index contributed by atoms with van der Waals surface area (Å²) in [4.78, 5) is 10.1. The predicted molar refractivity (Wildman–Crippen MR) is 252 cm³/mol. The van der Waals surface area contributed by atoms with Crippen molar-refractivity contribution in [1.82, 2.24) is 19.1 Å². The standard InChI is InChI=1S/C56H34N4O/c1-3-14-35(15-4-1)56-57-47-22-10-7-20-44(47)54(58-56)38-26-29-42-43-21-13-25-52(55(43)61-53(42)34-38)60-49-24-12-9-19-41(49)46-33-37(28-31-51(46)60)36-27-30-50-45(32-36)40-18-8-11-23-48(40)59(50)39-16-5-2-6-17-39/h1-34H. The van der Waals surface area contributed by atoms with Crippen LogP contribution < -0.4 is 0 Å². The van der Waals surface area contributed by atoms with E-state index in [1.54, 1.807) is 0 Å². The van der Waals surface area contributed by atoms with E-state index in [1.165, 1.54) is 43.7 Å². The molecule has 9 aromatic carbocycles. The average molecular weight is 779 g/mol. The molecule has 0 atom stereocenters. The maximum Gasteiger partial charge on any atom is 0.160 e. The van der Waals surface area contributed by atoms with E-state index in [4.69, 9.17) is 14.4 Å². The Hall–Kier alpha value is -8.28. The van der Waals surface area contributed by atoms with Gasteiger partial charge in [-0.3, -0.25) is 0 Å². The highest BCUT2D eigenvalue weighted by Gasteiger charge is 2.20. The van der Waals surface area contributed by atoms with Crippen LogP contribution in [0.25, 0.3) is 122 Å². The zero-order chi connectivity index (χ0) is 40.0. The van der Waals surface area contributed by atoms with Crippen molar-refractivity contribution in [3.63, 3.8) is 0 Å². The summed E-state index contributed by atoms with van der Waals surface area (Å²) in [6, 6.07) is 73.1. The van der Waals surface area contributed by atoms with Crippen LogP contribution in [0.15, 0.2) is 211 Å². The second-order valence-electron chi connectivity index (χ2n) is 15.8. The number of benzene rings is 9. The Morgan fingerprint density at radius 1 is 0.344 bits per heavy atom. The lowest BCUT2D eigenvalue weighted by molar-refractivity contribution is 0.666. The summed E-state index contributed by atoms with van der Waals surface area (Å²) in [5, 5.41) is 8.01. The van der Waals surface area contributed by atoms with Gasteiger partial charge in [0.05, 0.1) is 39.0 Å². The molecular weight excluding hydrogens is 745 g/mol. The van der Waals surface area contributed by atoms with Gasteiger partial charge < -0.3 is 13.6 Å². The minimum atomic E-state index is 0.701. The molecule has 0 radical (unpaired) electrons. The molecule has 0 unspecified atom stereocenters. The van der Waals surface area contributed by atoms with Gasteiger partial charge in [0.25, 0.3) is 0 Å². The van der Waals surface area contributed by atoms with Crippen LogP contribution in [0.2, 0.25) is 0 Å². The van der Waals surface area contributed by atoms with Gasteiger partial charge in [0.1, 0.15) is 5.58 Å². The summed E-state index contributed by atoms with van der Waals surface area (Å²) < 4.78 is 11.7. The van der Waals surface area contributed by atoms with Crippen LogP contribution in [0.4, 0.5) is 0 Å². The van der Waals surface area contributed by atoms with E-state index in [9.17, 15) is 0 Å². The van der Waals surface area contributed by atoms with Crippen molar-refractivity contribution < 1.29 is 4.42 Å². The van der Waals surface area contributed by atoms with Gasteiger partial charge in [-0.2, -0.15) is 0 Å². The van der Waals surface area contributed by atoms with Gasteiger partial charge in [0.15, 0.2) is 11.4 Å². The first-order valence-corrected chi connectivity index (χ1v) is 20.7. The van der Waals surface area contributed by atoms with Crippen LogP contribution in [0.5, 0.6) is 0 Å². The van der Waals surface area contributed by atoms with Gasteiger partial charge >= 0.3 is 0 Å². The molecule has 0 bridgehead atoms. The molecule has 0 saturated carbocycles. The molecule has 5 heteroatoms. The van der Waals surface area contributed by atoms with Crippen LogP contribution in [0, 0.1) is 0 Å². The molecular formula is C56H34N4O. The summed E-state index contributed by atoms with van der Waals surface area (Å²) in [5.74, 6) is 0.701. The third-order valence-corrected chi connectivity index (χ3v) is 12.3. The Balaban J connectivity index is 0.962. The maximum atomic E-state index is 6.93. The lowest BCUT2D eigenvalue weighted by Crippen LogP contribution is -1.94. The molecule has 0 aliphatic carbocycles. The minimum absolute atomic E-state index is 0.701. The highest BCUT2D eigenvalue weighted by Crippen LogP contribution is 2.42. The summed E-state index contributed by atoms with van der Waals surface area (Å²) in [6.07, 6.45) is 0. The van der Waals surface area contributed by atoms with Crippen molar-refractivity contribution in [2.24, 2.45) is 0 Å². The average Bonchev–Trinajstić information content (AvgIpc) is 3.99. The minimum Gasteiger partial charge on any atom is -0.454 e. The predicted octanol–water partition coefficient (Wildman–Crippen LogP) is 14.7. The SMILES string of the molecule is c1ccc(-c2nc(-c3ccc4c(c3)oc3c(-n5c6ccccc6c6cc(-c7ccc8c(c7)c7ccccc7n8-c7ccccc7)ccc65)cccc34)c3ccccc3n2)cc1. The van der Waals surface area contributed by atoms with Crippen LogP contribution >= 0.6 is 0 Å². The number of rotatable bonds is 5. The number of fused-ring (bicyclic) bond motifs is 10. The number of hydrogen-bond acceptors (Lipinski definition) is 3. The van der Waals surface area contributed by atoms with Gasteiger partial charge in [-0.15, -0.1) is 0 Å². The van der Waals surface area contributed by atoms with Gasteiger partial charge in [0.2, 0.25) is 0 Å². The van der Waals surface area contributed by atoms with Crippen molar-refractivity contribution >= 4 is 76.5 Å². The third-order valence-electron chi connectivity index (χ3n) is 12.3. The topological polar surface area (TPSA) is 48.8 Å². The molecule has 0 fully saturated rings. The number of para-hydroxylation sites is 5. The Kier molecular flexibility index (Phi) is 7.24. The van der Waals surface area contributed by atoms with Crippen molar-refractivity contribution in [3.05, 3.63) is 206 Å². The highest BCUT2D eigenvalue weighted by molar-refractivity contribution is 6.15. The van der Waals surface area contributed by atoms with Gasteiger partial charge in [-0.05, 0) is 83.9 Å².